The summed E-state index contributed by atoms with van der Waals surface area (Å²) in [6.45, 7) is 1.39. The molecule has 0 spiro atoms. The predicted octanol–water partition coefficient (Wildman–Crippen LogP) is 2.91. The number of para-hydroxylation sites is 2. The molecule has 2 aromatic heterocycles. The number of hydrogen-bond acceptors (Lipinski definition) is 4. The fraction of sp³-hybridized carbons (Fsp3) is 0.565. The molecule has 8 heteroatoms. The number of aryl methyl sites for hydroxylation is 1. The normalized spacial score (nSPS) is 20.4. The molecule has 0 radical (unpaired) electrons. The van der Waals surface area contributed by atoms with Crippen LogP contribution in [0.4, 0.5) is 0 Å². The van der Waals surface area contributed by atoms with Crippen LogP contribution in [0.25, 0.3) is 11.0 Å². The Morgan fingerprint density at radius 3 is 2.61 bits per heavy atom. The van der Waals surface area contributed by atoms with Gasteiger partial charge in [-0.05, 0) is 37.8 Å². The number of nitrogens with one attached hydrogen (secondary N) is 1. The van der Waals surface area contributed by atoms with Crippen LogP contribution < -0.4 is 5.69 Å². The number of H-pyrrole nitrogens is 1. The van der Waals surface area contributed by atoms with Crippen molar-refractivity contribution in [2.75, 3.05) is 13.1 Å². The van der Waals surface area contributed by atoms with Gasteiger partial charge in [0.15, 0.2) is 5.82 Å². The lowest BCUT2D eigenvalue weighted by atomic mass is 9.89. The van der Waals surface area contributed by atoms with Crippen LogP contribution in [-0.4, -0.2) is 48.2 Å². The Morgan fingerprint density at radius 1 is 1.06 bits per heavy atom. The fourth-order valence-electron chi connectivity index (χ4n) is 5.19. The van der Waals surface area contributed by atoms with E-state index in [1.54, 1.807) is 16.2 Å². The summed E-state index contributed by atoms with van der Waals surface area (Å²) in [5.74, 6) is 2.47. The SMILES string of the molecule is Cn1c(=O)n(CC(=O)N2CCCC(c3n[nH]c(C4CCCCC4)n3)C2)c2ccccc21. The molecule has 1 amide bonds. The van der Waals surface area contributed by atoms with Gasteiger partial charge < -0.3 is 4.90 Å². The number of piperidine rings is 1. The first-order valence-electron chi connectivity index (χ1n) is 11.5. The van der Waals surface area contributed by atoms with Crippen LogP contribution in [0.15, 0.2) is 29.1 Å². The zero-order valence-corrected chi connectivity index (χ0v) is 18.1. The van der Waals surface area contributed by atoms with Gasteiger partial charge >= 0.3 is 5.69 Å². The Bertz CT molecular complexity index is 1140. The van der Waals surface area contributed by atoms with Gasteiger partial charge in [0.1, 0.15) is 12.4 Å². The second-order valence-electron chi connectivity index (χ2n) is 9.01. The number of benzene rings is 1. The van der Waals surface area contributed by atoms with Crippen LogP contribution in [0.2, 0.25) is 0 Å². The van der Waals surface area contributed by atoms with E-state index >= 15 is 0 Å². The van der Waals surface area contributed by atoms with E-state index in [1.807, 2.05) is 29.2 Å². The van der Waals surface area contributed by atoms with E-state index in [4.69, 9.17) is 4.98 Å². The summed E-state index contributed by atoms with van der Waals surface area (Å²) in [6.07, 6.45) is 8.12. The maximum absolute atomic E-state index is 13.1. The number of aromatic nitrogens is 5. The minimum Gasteiger partial charge on any atom is -0.340 e. The summed E-state index contributed by atoms with van der Waals surface area (Å²) in [6, 6.07) is 7.60. The van der Waals surface area contributed by atoms with Crippen molar-refractivity contribution in [3.05, 3.63) is 46.4 Å². The summed E-state index contributed by atoms with van der Waals surface area (Å²) >= 11 is 0. The number of rotatable bonds is 4. The number of imidazole rings is 1. The third-order valence-corrected chi connectivity index (χ3v) is 7.00. The zero-order valence-electron chi connectivity index (χ0n) is 18.1. The summed E-state index contributed by atoms with van der Waals surface area (Å²) in [4.78, 5) is 32.5. The van der Waals surface area contributed by atoms with Crippen molar-refractivity contribution in [2.45, 2.75) is 63.3 Å². The molecular weight excluding hydrogens is 392 g/mol. The molecule has 1 aromatic carbocycles. The van der Waals surface area contributed by atoms with Gasteiger partial charge in [-0.15, -0.1) is 0 Å². The highest BCUT2D eigenvalue weighted by molar-refractivity contribution is 5.81. The second kappa shape index (κ2) is 8.32. The minimum absolute atomic E-state index is 0.0220. The molecule has 0 bridgehead atoms. The number of fused-ring (bicyclic) bond motifs is 1. The summed E-state index contributed by atoms with van der Waals surface area (Å²) in [5.41, 5.74) is 1.48. The molecule has 1 atom stereocenters. The number of carbonyl (C=O) groups is 1. The molecule has 31 heavy (non-hydrogen) atoms. The molecule has 1 aliphatic heterocycles. The van der Waals surface area contributed by atoms with Crippen molar-refractivity contribution in [3.8, 4) is 0 Å². The maximum Gasteiger partial charge on any atom is 0.329 e. The average Bonchev–Trinajstić information content (AvgIpc) is 3.40. The fourth-order valence-corrected chi connectivity index (χ4v) is 5.19. The first-order chi connectivity index (χ1) is 15.1. The van der Waals surface area contributed by atoms with E-state index in [-0.39, 0.29) is 24.1 Å². The van der Waals surface area contributed by atoms with Gasteiger partial charge in [-0.3, -0.25) is 19.0 Å². The molecule has 5 rings (SSSR count). The zero-order chi connectivity index (χ0) is 21.4. The van der Waals surface area contributed by atoms with E-state index in [9.17, 15) is 9.59 Å². The van der Waals surface area contributed by atoms with Gasteiger partial charge in [-0.25, -0.2) is 9.78 Å². The number of aromatic amines is 1. The smallest absolute Gasteiger partial charge is 0.329 e. The molecule has 1 N–H and O–H groups in total. The number of carbonyl (C=O) groups excluding carboxylic acids is 1. The van der Waals surface area contributed by atoms with E-state index < -0.39 is 0 Å². The highest BCUT2D eigenvalue weighted by Crippen LogP contribution is 2.32. The third-order valence-electron chi connectivity index (χ3n) is 7.00. The van der Waals surface area contributed by atoms with Crippen LogP contribution in [0.5, 0.6) is 0 Å². The quantitative estimate of drug-likeness (QED) is 0.700. The Balaban J connectivity index is 1.30. The van der Waals surface area contributed by atoms with Crippen LogP contribution in [0, 0.1) is 0 Å². The Labute approximate surface area is 181 Å². The van der Waals surface area contributed by atoms with Crippen LogP contribution in [0.1, 0.15) is 68.4 Å². The summed E-state index contributed by atoms with van der Waals surface area (Å²) in [5, 5.41) is 7.69. The van der Waals surface area contributed by atoms with E-state index in [2.05, 4.69) is 10.2 Å². The predicted molar refractivity (Wildman–Crippen MR) is 118 cm³/mol. The molecule has 1 aliphatic carbocycles. The second-order valence-corrected chi connectivity index (χ2v) is 9.01. The largest absolute Gasteiger partial charge is 0.340 e. The molecular formula is C23H30N6O2. The Kier molecular flexibility index (Phi) is 5.38. The first-order valence-corrected chi connectivity index (χ1v) is 11.5. The van der Waals surface area contributed by atoms with Gasteiger partial charge in [0.2, 0.25) is 5.91 Å². The number of nitrogens with zero attached hydrogens (tertiary/aromatic N) is 5. The lowest BCUT2D eigenvalue weighted by Gasteiger charge is -2.31. The van der Waals surface area contributed by atoms with Gasteiger partial charge in [-0.1, -0.05) is 31.4 Å². The Hall–Kier alpha value is -2.90. The van der Waals surface area contributed by atoms with Crippen molar-refractivity contribution in [1.29, 1.82) is 0 Å². The topological polar surface area (TPSA) is 88.8 Å². The molecule has 8 nitrogen and oxygen atoms in total. The van der Waals surface area contributed by atoms with Crippen molar-refractivity contribution in [1.82, 2.24) is 29.2 Å². The molecule has 2 aliphatic rings. The van der Waals surface area contributed by atoms with Gasteiger partial charge in [0.05, 0.1) is 11.0 Å². The number of likely N-dealkylation sites (tertiary alicyclic amines) is 1. The molecule has 3 aromatic rings. The van der Waals surface area contributed by atoms with Crippen LogP contribution >= 0.6 is 0 Å². The highest BCUT2D eigenvalue weighted by atomic mass is 16.2. The standard InChI is InChI=1S/C23H30N6O2/c1-27-18-11-5-6-12-19(18)29(23(27)31)15-20(30)28-13-7-10-17(14-28)22-24-21(25-26-22)16-8-3-2-4-9-16/h5-6,11-12,16-17H,2-4,7-10,13-15H2,1H3,(H,24,25,26). The van der Waals surface area contributed by atoms with Gasteiger partial charge in [0, 0.05) is 32.0 Å². The third kappa shape index (κ3) is 3.79. The first kappa shape index (κ1) is 20.0. The van der Waals surface area contributed by atoms with Gasteiger partial charge in [-0.2, -0.15) is 5.10 Å². The minimum atomic E-state index is -0.158. The molecule has 1 saturated heterocycles. The lowest BCUT2D eigenvalue weighted by Crippen LogP contribution is -2.42. The van der Waals surface area contributed by atoms with Crippen LogP contribution in [-0.2, 0) is 18.4 Å². The molecule has 3 heterocycles. The van der Waals surface area contributed by atoms with Crippen molar-refractivity contribution in [3.63, 3.8) is 0 Å². The van der Waals surface area contributed by atoms with Crippen molar-refractivity contribution < 1.29 is 4.79 Å². The number of hydrogen-bond donors (Lipinski definition) is 1. The molecule has 2 fully saturated rings. The molecule has 1 saturated carbocycles. The average molecular weight is 423 g/mol. The molecule has 164 valence electrons. The maximum atomic E-state index is 13.1. The van der Waals surface area contributed by atoms with E-state index in [0.717, 1.165) is 42.1 Å². The highest BCUT2D eigenvalue weighted by Gasteiger charge is 2.29. The molecule has 1 unspecified atom stereocenters. The van der Waals surface area contributed by atoms with E-state index in [0.29, 0.717) is 12.5 Å². The van der Waals surface area contributed by atoms with Crippen molar-refractivity contribution in [2.24, 2.45) is 7.05 Å². The Morgan fingerprint density at radius 2 is 1.81 bits per heavy atom. The van der Waals surface area contributed by atoms with Gasteiger partial charge in [0.25, 0.3) is 0 Å². The summed E-state index contributed by atoms with van der Waals surface area (Å²) < 4.78 is 3.18. The number of amides is 1. The monoisotopic (exact) mass is 422 g/mol. The van der Waals surface area contributed by atoms with Crippen molar-refractivity contribution >= 4 is 16.9 Å². The summed E-state index contributed by atoms with van der Waals surface area (Å²) in [7, 11) is 1.75. The lowest BCUT2D eigenvalue weighted by molar-refractivity contribution is -0.133. The van der Waals surface area contributed by atoms with E-state index in [1.165, 1.54) is 32.1 Å². The van der Waals surface area contributed by atoms with Crippen LogP contribution in [0.3, 0.4) is 0 Å².